The number of thiophene rings is 1. The highest BCUT2D eigenvalue weighted by Gasteiger charge is 2.13. The van der Waals surface area contributed by atoms with E-state index in [4.69, 9.17) is 0 Å². The third-order valence-electron chi connectivity index (χ3n) is 2.53. The molecular formula is C12H21ClN2OS. The Kier molecular flexibility index (Phi) is 7.43. The van der Waals surface area contributed by atoms with Crippen LogP contribution < -0.4 is 10.6 Å². The van der Waals surface area contributed by atoms with Gasteiger partial charge in [-0.15, -0.1) is 23.7 Å². The largest absolute Gasteiger partial charge is 0.350 e. The zero-order chi connectivity index (χ0) is 12.1. The number of carbonyl (C=O) groups is 1. The molecular weight excluding hydrogens is 256 g/mol. The monoisotopic (exact) mass is 276 g/mol. The average Bonchev–Trinajstić information content (AvgIpc) is 2.54. The van der Waals surface area contributed by atoms with Gasteiger partial charge in [0.15, 0.2) is 0 Å². The number of hydrogen-bond acceptors (Lipinski definition) is 3. The third kappa shape index (κ3) is 5.06. The Morgan fingerprint density at radius 3 is 2.59 bits per heavy atom. The molecule has 1 unspecified atom stereocenters. The summed E-state index contributed by atoms with van der Waals surface area (Å²) < 4.78 is 0. The molecule has 1 heterocycles. The van der Waals surface area contributed by atoms with Gasteiger partial charge in [0.25, 0.3) is 0 Å². The minimum atomic E-state index is 0. The zero-order valence-electron chi connectivity index (χ0n) is 10.8. The molecule has 1 amide bonds. The smallest absolute Gasteiger partial charge is 0.221 e. The van der Waals surface area contributed by atoms with Crippen LogP contribution in [-0.4, -0.2) is 19.5 Å². The van der Waals surface area contributed by atoms with E-state index in [-0.39, 0.29) is 24.4 Å². The van der Waals surface area contributed by atoms with Crippen molar-refractivity contribution in [2.45, 2.75) is 33.2 Å². The molecule has 0 aliphatic carbocycles. The summed E-state index contributed by atoms with van der Waals surface area (Å²) in [5.74, 6) is 0.102. The first-order valence-electron chi connectivity index (χ1n) is 5.55. The number of hydrogen-bond donors (Lipinski definition) is 2. The second-order valence-electron chi connectivity index (χ2n) is 4.01. The van der Waals surface area contributed by atoms with Gasteiger partial charge in [-0.25, -0.2) is 0 Å². The number of carbonyl (C=O) groups excluding carboxylic acids is 1. The molecule has 0 fully saturated rings. The predicted molar refractivity (Wildman–Crippen MR) is 76.1 cm³/mol. The van der Waals surface area contributed by atoms with Crippen LogP contribution in [-0.2, 0) is 4.79 Å². The van der Waals surface area contributed by atoms with Gasteiger partial charge < -0.3 is 10.6 Å². The molecule has 2 N–H and O–H groups in total. The van der Waals surface area contributed by atoms with Crippen molar-refractivity contribution >= 4 is 29.7 Å². The lowest BCUT2D eigenvalue weighted by Gasteiger charge is -2.13. The first-order valence-corrected chi connectivity index (χ1v) is 6.37. The van der Waals surface area contributed by atoms with E-state index in [9.17, 15) is 4.79 Å². The van der Waals surface area contributed by atoms with E-state index in [2.05, 4.69) is 30.5 Å². The molecule has 1 atom stereocenters. The van der Waals surface area contributed by atoms with Crippen molar-refractivity contribution in [3.63, 3.8) is 0 Å². The predicted octanol–water partition coefficient (Wildman–Crippen LogP) is 2.57. The zero-order valence-corrected chi connectivity index (χ0v) is 12.4. The molecule has 0 saturated heterocycles. The number of halogens is 1. The Bertz CT molecular complexity index is 365. The molecule has 17 heavy (non-hydrogen) atoms. The first-order chi connectivity index (χ1) is 7.54. The Labute approximate surface area is 113 Å². The summed E-state index contributed by atoms with van der Waals surface area (Å²) in [6.45, 7) is 6.95. The molecule has 3 nitrogen and oxygen atoms in total. The van der Waals surface area contributed by atoms with E-state index >= 15 is 0 Å². The molecule has 98 valence electrons. The van der Waals surface area contributed by atoms with Crippen LogP contribution in [0.5, 0.6) is 0 Å². The summed E-state index contributed by atoms with van der Waals surface area (Å²) in [7, 11) is 1.85. The second-order valence-corrected chi connectivity index (χ2v) is 5.47. The normalized spacial score (nSPS) is 11.8. The van der Waals surface area contributed by atoms with Crippen LogP contribution in [0.2, 0.25) is 0 Å². The van der Waals surface area contributed by atoms with E-state index in [1.807, 2.05) is 14.0 Å². The molecule has 0 spiro atoms. The van der Waals surface area contributed by atoms with Crippen molar-refractivity contribution in [1.82, 2.24) is 10.6 Å². The maximum absolute atomic E-state index is 11.6. The molecule has 1 aromatic rings. The fourth-order valence-electron chi connectivity index (χ4n) is 1.71. The molecule has 0 radical (unpaired) electrons. The number of nitrogens with one attached hydrogen (secondary N) is 2. The fourth-order valence-corrected chi connectivity index (χ4v) is 2.73. The minimum Gasteiger partial charge on any atom is -0.350 e. The quantitative estimate of drug-likeness (QED) is 0.868. The number of amides is 1. The molecule has 1 aromatic heterocycles. The topological polar surface area (TPSA) is 41.1 Å². The van der Waals surface area contributed by atoms with Gasteiger partial charge in [-0.3, -0.25) is 4.79 Å². The second kappa shape index (κ2) is 7.69. The van der Waals surface area contributed by atoms with E-state index in [0.717, 1.165) is 6.54 Å². The van der Waals surface area contributed by atoms with Crippen LogP contribution in [0.25, 0.3) is 0 Å². The molecule has 0 bridgehead atoms. The minimum absolute atomic E-state index is 0. The third-order valence-corrected chi connectivity index (χ3v) is 3.51. The molecule has 0 aliphatic rings. The van der Waals surface area contributed by atoms with Crippen LogP contribution in [0.3, 0.4) is 0 Å². The van der Waals surface area contributed by atoms with Crippen molar-refractivity contribution in [3.05, 3.63) is 21.4 Å². The van der Waals surface area contributed by atoms with Crippen molar-refractivity contribution in [2.75, 3.05) is 13.6 Å². The highest BCUT2D eigenvalue weighted by Crippen LogP contribution is 2.25. The van der Waals surface area contributed by atoms with Crippen LogP contribution in [0.15, 0.2) is 6.07 Å². The fraction of sp³-hybridized carbons (Fsp3) is 0.583. The molecule has 1 rings (SSSR count). The van der Waals surface area contributed by atoms with Crippen molar-refractivity contribution in [3.8, 4) is 0 Å². The van der Waals surface area contributed by atoms with Crippen molar-refractivity contribution in [1.29, 1.82) is 0 Å². The molecule has 5 heteroatoms. The van der Waals surface area contributed by atoms with E-state index in [1.54, 1.807) is 11.3 Å². The highest BCUT2D eigenvalue weighted by atomic mass is 35.5. The SMILES string of the molecule is CNCCC(=O)NC(C)c1cc(C)sc1C.Cl. The Morgan fingerprint density at radius 1 is 1.47 bits per heavy atom. The Hall–Kier alpha value is -0.580. The lowest BCUT2D eigenvalue weighted by molar-refractivity contribution is -0.121. The summed E-state index contributed by atoms with van der Waals surface area (Å²) in [5.41, 5.74) is 1.24. The van der Waals surface area contributed by atoms with Crippen molar-refractivity contribution in [2.24, 2.45) is 0 Å². The highest BCUT2D eigenvalue weighted by molar-refractivity contribution is 7.12. The summed E-state index contributed by atoms with van der Waals surface area (Å²) >= 11 is 1.78. The van der Waals surface area contributed by atoms with Crippen LogP contribution in [0.4, 0.5) is 0 Å². The van der Waals surface area contributed by atoms with Crippen molar-refractivity contribution < 1.29 is 4.79 Å². The van der Waals surface area contributed by atoms with Crippen LogP contribution in [0.1, 0.15) is 34.7 Å². The van der Waals surface area contributed by atoms with Gasteiger partial charge in [-0.2, -0.15) is 0 Å². The standard InChI is InChI=1S/C12H20N2OS.ClH/c1-8-7-11(10(3)16-8)9(2)14-12(15)5-6-13-4;/h7,9,13H,5-6H2,1-4H3,(H,14,15);1H. The van der Waals surface area contributed by atoms with Gasteiger partial charge in [0, 0.05) is 22.7 Å². The first kappa shape index (κ1) is 16.4. The van der Waals surface area contributed by atoms with E-state index in [1.165, 1.54) is 15.3 Å². The Balaban J connectivity index is 0.00000256. The lowest BCUT2D eigenvalue weighted by atomic mass is 10.1. The van der Waals surface area contributed by atoms with E-state index in [0.29, 0.717) is 6.42 Å². The van der Waals surface area contributed by atoms with Crippen LogP contribution in [0, 0.1) is 13.8 Å². The number of aryl methyl sites for hydroxylation is 2. The van der Waals surface area contributed by atoms with E-state index < -0.39 is 0 Å². The average molecular weight is 277 g/mol. The van der Waals surface area contributed by atoms with Gasteiger partial charge >= 0.3 is 0 Å². The summed E-state index contributed by atoms with van der Waals surface area (Å²) in [6.07, 6.45) is 0.531. The lowest BCUT2D eigenvalue weighted by Crippen LogP contribution is -2.29. The molecule has 0 aliphatic heterocycles. The van der Waals surface area contributed by atoms with Gasteiger partial charge in [0.05, 0.1) is 6.04 Å². The maximum atomic E-state index is 11.6. The Morgan fingerprint density at radius 2 is 2.12 bits per heavy atom. The molecule has 0 aromatic carbocycles. The summed E-state index contributed by atoms with van der Waals surface area (Å²) in [5, 5.41) is 5.98. The summed E-state index contributed by atoms with van der Waals surface area (Å²) in [4.78, 5) is 14.1. The maximum Gasteiger partial charge on any atom is 0.221 e. The summed E-state index contributed by atoms with van der Waals surface area (Å²) in [6, 6.07) is 2.26. The van der Waals surface area contributed by atoms with Gasteiger partial charge in [-0.05, 0) is 39.4 Å². The van der Waals surface area contributed by atoms with Crippen LogP contribution >= 0.6 is 23.7 Å². The number of rotatable bonds is 5. The van der Waals surface area contributed by atoms with Gasteiger partial charge in [0.2, 0.25) is 5.91 Å². The van der Waals surface area contributed by atoms with Gasteiger partial charge in [0.1, 0.15) is 0 Å². The molecule has 0 saturated carbocycles. The van der Waals surface area contributed by atoms with Gasteiger partial charge in [-0.1, -0.05) is 0 Å².